The molecule has 0 saturated heterocycles. The molecular weight excluding hydrogens is 715 g/mol. The van der Waals surface area contributed by atoms with Gasteiger partial charge in [-0.3, -0.25) is 0 Å². The largest absolute Gasteiger partial charge is 0.309 e. The standard InChI is InChI=1S/C51H27N5S/c1-3-9-28(10-4-1)31-13-7-14-32(27-31)51-53-49(29-11-5-2-6-12-29)52-50(54-51)30-17-19-33(20-18-30)55-38-24-26-40-44-42(38)43-39(55)23-21-36-34-15-8-16-35-37-22-25-41(57-40)45(44)48(37)56(46(34)35)47(36)43/h1-27H. The minimum atomic E-state index is 0.641. The molecule has 0 aliphatic heterocycles. The molecule has 8 aromatic carbocycles. The zero-order chi connectivity index (χ0) is 36.9. The van der Waals surface area contributed by atoms with Gasteiger partial charge < -0.3 is 8.97 Å². The molecule has 14 aromatic rings. The van der Waals surface area contributed by atoms with Crippen molar-refractivity contribution >= 4 is 91.4 Å². The number of rotatable bonds is 5. The lowest BCUT2D eigenvalue weighted by Crippen LogP contribution is -2.00. The Morgan fingerprint density at radius 3 is 1.63 bits per heavy atom. The fourth-order valence-electron chi connectivity index (χ4n) is 9.82. The van der Waals surface area contributed by atoms with Gasteiger partial charge in [0.2, 0.25) is 0 Å². The van der Waals surface area contributed by atoms with Crippen LogP contribution in [0.15, 0.2) is 164 Å². The van der Waals surface area contributed by atoms with Crippen molar-refractivity contribution in [3.8, 4) is 51.0 Å². The maximum atomic E-state index is 5.12. The highest BCUT2D eigenvalue weighted by atomic mass is 32.1. The van der Waals surface area contributed by atoms with Crippen molar-refractivity contribution in [1.82, 2.24) is 23.9 Å². The number of hydrogen-bond donors (Lipinski definition) is 0. The lowest BCUT2D eigenvalue weighted by atomic mass is 10.0. The van der Waals surface area contributed by atoms with Crippen LogP contribution < -0.4 is 0 Å². The zero-order valence-electron chi connectivity index (χ0n) is 30.2. The molecule has 0 fully saturated rings. The van der Waals surface area contributed by atoms with Gasteiger partial charge in [-0.05, 0) is 65.7 Å². The first-order valence-electron chi connectivity index (χ1n) is 19.3. The third kappa shape index (κ3) is 3.85. The van der Waals surface area contributed by atoms with E-state index in [9.17, 15) is 0 Å². The molecule has 0 radical (unpaired) electrons. The van der Waals surface area contributed by atoms with Crippen molar-refractivity contribution in [2.45, 2.75) is 0 Å². The lowest BCUT2D eigenvalue weighted by molar-refractivity contribution is 1.07. The van der Waals surface area contributed by atoms with Crippen LogP contribution in [-0.4, -0.2) is 23.9 Å². The first kappa shape index (κ1) is 29.9. The molecule has 0 bridgehead atoms. The Labute approximate surface area is 328 Å². The average molecular weight is 742 g/mol. The average Bonchev–Trinajstić information content (AvgIpc) is 4.00. The van der Waals surface area contributed by atoms with Gasteiger partial charge in [0.25, 0.3) is 0 Å². The third-order valence-corrected chi connectivity index (χ3v) is 13.3. The smallest absolute Gasteiger partial charge is 0.164 e. The van der Waals surface area contributed by atoms with Gasteiger partial charge in [-0.1, -0.05) is 109 Å². The van der Waals surface area contributed by atoms with E-state index in [4.69, 9.17) is 15.0 Å². The zero-order valence-corrected chi connectivity index (χ0v) is 31.0. The van der Waals surface area contributed by atoms with E-state index in [0.717, 1.165) is 33.5 Å². The van der Waals surface area contributed by atoms with Crippen molar-refractivity contribution in [2.24, 2.45) is 0 Å². The molecule has 0 unspecified atom stereocenters. The Morgan fingerprint density at radius 1 is 0.351 bits per heavy atom. The minimum absolute atomic E-state index is 0.641. The first-order chi connectivity index (χ1) is 28.3. The van der Waals surface area contributed by atoms with Crippen LogP contribution in [0.1, 0.15) is 0 Å². The summed E-state index contributed by atoms with van der Waals surface area (Å²) in [7, 11) is 0. The van der Waals surface area contributed by atoms with Crippen LogP contribution in [0, 0.1) is 0 Å². The normalized spacial score (nSPS) is 12.6. The van der Waals surface area contributed by atoms with E-state index < -0.39 is 0 Å². The molecule has 5 nitrogen and oxygen atoms in total. The summed E-state index contributed by atoms with van der Waals surface area (Å²) in [5.41, 5.74) is 12.6. The van der Waals surface area contributed by atoms with E-state index in [1.165, 1.54) is 80.1 Å². The molecule has 0 spiro atoms. The van der Waals surface area contributed by atoms with Crippen LogP contribution in [-0.2, 0) is 0 Å². The van der Waals surface area contributed by atoms with E-state index in [2.05, 4.69) is 148 Å². The Hall–Kier alpha value is -7.41. The molecule has 0 aliphatic carbocycles. The summed E-state index contributed by atoms with van der Waals surface area (Å²) in [6, 6.07) is 58.7. The van der Waals surface area contributed by atoms with Crippen molar-refractivity contribution in [3.05, 3.63) is 164 Å². The summed E-state index contributed by atoms with van der Waals surface area (Å²) in [5, 5.41) is 10.7. The van der Waals surface area contributed by atoms with E-state index in [-0.39, 0.29) is 0 Å². The van der Waals surface area contributed by atoms with Crippen LogP contribution in [0.2, 0.25) is 0 Å². The monoisotopic (exact) mass is 741 g/mol. The first-order valence-corrected chi connectivity index (χ1v) is 20.1. The highest BCUT2D eigenvalue weighted by molar-refractivity contribution is 7.26. The quantitative estimate of drug-likeness (QED) is 0.176. The summed E-state index contributed by atoms with van der Waals surface area (Å²) in [6.45, 7) is 0. The predicted molar refractivity (Wildman–Crippen MR) is 237 cm³/mol. The Morgan fingerprint density at radius 2 is 0.877 bits per heavy atom. The van der Waals surface area contributed by atoms with Crippen LogP contribution >= 0.6 is 11.3 Å². The number of thiophene rings is 1. The molecule has 6 heteroatoms. The van der Waals surface area contributed by atoms with Gasteiger partial charge in [-0.2, -0.15) is 0 Å². The van der Waals surface area contributed by atoms with Crippen molar-refractivity contribution in [3.63, 3.8) is 0 Å². The van der Waals surface area contributed by atoms with Crippen LogP contribution in [0.25, 0.3) is 131 Å². The second kappa shape index (κ2) is 10.7. The van der Waals surface area contributed by atoms with Crippen molar-refractivity contribution < 1.29 is 0 Å². The lowest BCUT2D eigenvalue weighted by Gasteiger charge is -2.11. The van der Waals surface area contributed by atoms with Gasteiger partial charge in [0.05, 0.1) is 27.6 Å². The van der Waals surface area contributed by atoms with Crippen LogP contribution in [0.3, 0.4) is 0 Å². The topological polar surface area (TPSA) is 48.0 Å². The van der Waals surface area contributed by atoms with Crippen molar-refractivity contribution in [1.29, 1.82) is 0 Å². The SMILES string of the molecule is c1ccc(-c2cccc(-c3nc(-c4ccccc4)nc(-c4ccc(-n5c6ccc7sc8ccc9c%10cccc%11c%12ccc5c5c6c7c8c9n(c%10%11)c%125)cc4)n3)c2)cc1. The van der Waals surface area contributed by atoms with Gasteiger partial charge in [-0.15, -0.1) is 11.3 Å². The minimum Gasteiger partial charge on any atom is -0.309 e. The maximum Gasteiger partial charge on any atom is 0.164 e. The Bertz CT molecular complexity index is 3840. The molecule has 0 amide bonds. The second-order valence-corrected chi connectivity index (χ2v) is 16.2. The Balaban J connectivity index is 0.982. The van der Waals surface area contributed by atoms with Gasteiger partial charge >= 0.3 is 0 Å². The van der Waals surface area contributed by atoms with E-state index >= 15 is 0 Å². The van der Waals surface area contributed by atoms with Gasteiger partial charge in [0, 0.05) is 74.9 Å². The second-order valence-electron chi connectivity index (χ2n) is 15.2. The molecule has 0 atom stereocenters. The van der Waals surface area contributed by atoms with E-state index in [1.807, 2.05) is 35.6 Å². The highest BCUT2D eigenvalue weighted by Crippen LogP contribution is 2.53. The molecule has 6 heterocycles. The number of hydrogen-bond acceptors (Lipinski definition) is 4. The summed E-state index contributed by atoms with van der Waals surface area (Å²) >= 11 is 1.91. The number of benzene rings is 8. The predicted octanol–water partition coefficient (Wildman–Crippen LogP) is 13.5. The van der Waals surface area contributed by atoms with E-state index in [0.29, 0.717) is 17.5 Å². The fraction of sp³-hybridized carbons (Fsp3) is 0. The molecule has 262 valence electrons. The summed E-state index contributed by atoms with van der Waals surface area (Å²) < 4.78 is 7.73. The third-order valence-electron chi connectivity index (χ3n) is 12.2. The molecular formula is C51H27N5S. The Kier molecular flexibility index (Phi) is 5.59. The molecule has 6 aromatic heterocycles. The van der Waals surface area contributed by atoms with Gasteiger partial charge in [0.1, 0.15) is 0 Å². The van der Waals surface area contributed by atoms with Gasteiger partial charge in [0.15, 0.2) is 17.5 Å². The van der Waals surface area contributed by atoms with Gasteiger partial charge in [-0.25, -0.2) is 15.0 Å². The fourth-order valence-corrected chi connectivity index (χ4v) is 10.9. The summed E-state index contributed by atoms with van der Waals surface area (Å²) in [4.78, 5) is 15.2. The number of aromatic nitrogens is 5. The molecule has 57 heavy (non-hydrogen) atoms. The maximum absolute atomic E-state index is 5.12. The summed E-state index contributed by atoms with van der Waals surface area (Å²) in [6.07, 6.45) is 0. The summed E-state index contributed by atoms with van der Waals surface area (Å²) in [5.74, 6) is 1.94. The van der Waals surface area contributed by atoms with Crippen LogP contribution in [0.5, 0.6) is 0 Å². The highest BCUT2D eigenvalue weighted by Gasteiger charge is 2.29. The molecule has 0 saturated carbocycles. The number of para-hydroxylation sites is 1. The number of fused-ring (bicyclic) bond motifs is 2. The molecule has 0 aliphatic rings. The molecule has 14 rings (SSSR count). The molecule has 0 N–H and O–H groups in total. The van der Waals surface area contributed by atoms with Crippen molar-refractivity contribution in [2.75, 3.05) is 0 Å². The number of nitrogens with zero attached hydrogens (tertiary/aromatic N) is 5. The van der Waals surface area contributed by atoms with Crippen LogP contribution in [0.4, 0.5) is 0 Å². The van der Waals surface area contributed by atoms with E-state index in [1.54, 1.807) is 0 Å².